The first kappa shape index (κ1) is 13.3. The van der Waals surface area contributed by atoms with Gasteiger partial charge in [-0.2, -0.15) is 11.3 Å². The van der Waals surface area contributed by atoms with Crippen LogP contribution in [0.15, 0.2) is 16.8 Å². The highest BCUT2D eigenvalue weighted by molar-refractivity contribution is 7.07. The summed E-state index contributed by atoms with van der Waals surface area (Å²) >= 11 is 1.63. The average Bonchev–Trinajstić information content (AvgIpc) is 2.88. The molecule has 0 amide bonds. The van der Waals surface area contributed by atoms with Gasteiger partial charge in [0.15, 0.2) is 0 Å². The first-order valence-corrected chi connectivity index (χ1v) is 7.16. The van der Waals surface area contributed by atoms with E-state index in [-0.39, 0.29) is 0 Å². The predicted molar refractivity (Wildman–Crippen MR) is 78.5 cm³/mol. The molecule has 0 saturated heterocycles. The first-order chi connectivity index (χ1) is 8.45. The van der Waals surface area contributed by atoms with Crippen LogP contribution < -0.4 is 0 Å². The highest BCUT2D eigenvalue weighted by Crippen LogP contribution is 2.34. The van der Waals surface area contributed by atoms with Gasteiger partial charge in [-0.3, -0.25) is 0 Å². The van der Waals surface area contributed by atoms with E-state index in [0.29, 0.717) is 0 Å². The van der Waals surface area contributed by atoms with Gasteiger partial charge in [-0.05, 0) is 90.4 Å². The number of thiophene rings is 1. The second kappa shape index (κ2) is 4.87. The summed E-state index contributed by atoms with van der Waals surface area (Å²) in [4.78, 5) is 0. The molecule has 0 aliphatic rings. The van der Waals surface area contributed by atoms with Crippen LogP contribution in [-0.2, 0) is 0 Å². The average molecular weight is 260 g/mol. The zero-order valence-electron chi connectivity index (χ0n) is 11.7. The van der Waals surface area contributed by atoms with Gasteiger partial charge < -0.3 is 5.11 Å². The third-order valence-corrected chi connectivity index (χ3v) is 4.89. The molecule has 1 aromatic heterocycles. The molecule has 0 radical (unpaired) electrons. The zero-order chi connectivity index (χ0) is 13.4. The molecule has 1 atom stereocenters. The molecule has 2 aromatic rings. The molecule has 0 fully saturated rings. The zero-order valence-corrected chi connectivity index (χ0v) is 12.5. The smallest absolute Gasteiger partial charge is 0.105 e. The monoisotopic (exact) mass is 260 g/mol. The minimum Gasteiger partial charge on any atom is -0.384 e. The van der Waals surface area contributed by atoms with Crippen LogP contribution >= 0.6 is 11.3 Å². The summed E-state index contributed by atoms with van der Waals surface area (Å²) in [6.07, 6.45) is -0.505. The quantitative estimate of drug-likeness (QED) is 0.850. The topological polar surface area (TPSA) is 20.2 Å². The molecule has 0 saturated carbocycles. The largest absolute Gasteiger partial charge is 0.384 e. The van der Waals surface area contributed by atoms with E-state index in [1.54, 1.807) is 11.3 Å². The van der Waals surface area contributed by atoms with E-state index < -0.39 is 6.10 Å². The van der Waals surface area contributed by atoms with Gasteiger partial charge in [0.05, 0.1) is 0 Å². The Morgan fingerprint density at radius 2 is 1.39 bits per heavy atom. The molecule has 0 bridgehead atoms. The Bertz CT molecular complexity index is 538. The molecular formula is C16H20OS. The van der Waals surface area contributed by atoms with Crippen molar-refractivity contribution in [2.75, 3.05) is 0 Å². The maximum Gasteiger partial charge on any atom is 0.105 e. The number of hydrogen-bond donors (Lipinski definition) is 1. The van der Waals surface area contributed by atoms with Crippen molar-refractivity contribution in [3.05, 3.63) is 55.8 Å². The van der Waals surface area contributed by atoms with Gasteiger partial charge in [-0.15, -0.1) is 0 Å². The first-order valence-electron chi connectivity index (χ1n) is 6.22. The van der Waals surface area contributed by atoms with Crippen LogP contribution in [0.25, 0.3) is 0 Å². The molecular weight excluding hydrogens is 240 g/mol. The summed E-state index contributed by atoms with van der Waals surface area (Å²) in [6, 6.07) is 2.00. The van der Waals surface area contributed by atoms with Crippen molar-refractivity contribution in [2.24, 2.45) is 0 Å². The Labute approximate surface area is 113 Å². The van der Waals surface area contributed by atoms with Crippen LogP contribution in [0.1, 0.15) is 45.0 Å². The summed E-state index contributed by atoms with van der Waals surface area (Å²) in [5.41, 5.74) is 8.43. The SMILES string of the molecule is Cc1c(C)c(C)c(C(O)c2ccsc2)c(C)c1C. The van der Waals surface area contributed by atoms with E-state index in [0.717, 1.165) is 11.1 Å². The van der Waals surface area contributed by atoms with Crippen molar-refractivity contribution < 1.29 is 5.11 Å². The molecule has 1 aromatic carbocycles. The third-order valence-electron chi connectivity index (χ3n) is 4.19. The number of benzene rings is 1. The summed E-state index contributed by atoms with van der Waals surface area (Å²) in [6.45, 7) is 10.7. The van der Waals surface area contributed by atoms with E-state index in [9.17, 15) is 5.11 Å². The molecule has 96 valence electrons. The molecule has 2 rings (SSSR count). The van der Waals surface area contributed by atoms with Crippen LogP contribution in [0.4, 0.5) is 0 Å². The minimum absolute atomic E-state index is 0.505. The summed E-state index contributed by atoms with van der Waals surface area (Å²) in [5, 5.41) is 14.6. The van der Waals surface area contributed by atoms with Crippen LogP contribution in [-0.4, -0.2) is 5.11 Å². The second-order valence-electron chi connectivity index (χ2n) is 5.00. The van der Waals surface area contributed by atoms with Crippen molar-refractivity contribution in [1.82, 2.24) is 0 Å². The lowest BCUT2D eigenvalue weighted by molar-refractivity contribution is 0.219. The predicted octanol–water partition coefficient (Wildman–Crippen LogP) is 4.37. The van der Waals surface area contributed by atoms with Crippen LogP contribution in [0, 0.1) is 34.6 Å². The molecule has 0 aliphatic heterocycles. The standard InChI is InChI=1S/C16H20OS/c1-9-10(2)12(4)15(13(5)11(9)3)16(17)14-6-7-18-8-14/h6-8,16-17H,1-5H3. The maximum atomic E-state index is 10.6. The van der Waals surface area contributed by atoms with Gasteiger partial charge in [0.1, 0.15) is 6.10 Å². The van der Waals surface area contributed by atoms with Gasteiger partial charge in [0.2, 0.25) is 0 Å². The lowest BCUT2D eigenvalue weighted by atomic mass is 9.86. The van der Waals surface area contributed by atoms with E-state index in [2.05, 4.69) is 34.6 Å². The molecule has 0 spiro atoms. The lowest BCUT2D eigenvalue weighted by Crippen LogP contribution is -2.08. The maximum absolute atomic E-state index is 10.6. The van der Waals surface area contributed by atoms with Gasteiger partial charge in [0, 0.05) is 0 Å². The summed E-state index contributed by atoms with van der Waals surface area (Å²) in [7, 11) is 0. The third kappa shape index (κ3) is 2.00. The van der Waals surface area contributed by atoms with Gasteiger partial charge in [0.25, 0.3) is 0 Å². The van der Waals surface area contributed by atoms with Crippen LogP contribution in [0.5, 0.6) is 0 Å². The Balaban J connectivity index is 2.65. The highest BCUT2D eigenvalue weighted by Gasteiger charge is 2.20. The van der Waals surface area contributed by atoms with Gasteiger partial charge in [-0.25, -0.2) is 0 Å². The number of aliphatic hydroxyl groups excluding tert-OH is 1. The lowest BCUT2D eigenvalue weighted by Gasteiger charge is -2.22. The van der Waals surface area contributed by atoms with Crippen LogP contribution in [0.2, 0.25) is 0 Å². The minimum atomic E-state index is -0.505. The Kier molecular flexibility index (Phi) is 3.60. The fourth-order valence-corrected chi connectivity index (χ4v) is 3.22. The van der Waals surface area contributed by atoms with Crippen molar-refractivity contribution in [3.63, 3.8) is 0 Å². The summed E-state index contributed by atoms with van der Waals surface area (Å²) < 4.78 is 0. The molecule has 1 unspecified atom stereocenters. The summed E-state index contributed by atoms with van der Waals surface area (Å²) in [5.74, 6) is 0. The molecule has 1 N–H and O–H groups in total. The van der Waals surface area contributed by atoms with Gasteiger partial charge in [-0.1, -0.05) is 0 Å². The second-order valence-corrected chi connectivity index (χ2v) is 5.78. The Morgan fingerprint density at radius 1 is 0.889 bits per heavy atom. The molecule has 18 heavy (non-hydrogen) atoms. The van der Waals surface area contributed by atoms with Crippen molar-refractivity contribution in [1.29, 1.82) is 0 Å². The molecule has 1 nitrogen and oxygen atoms in total. The highest BCUT2D eigenvalue weighted by atomic mass is 32.1. The van der Waals surface area contributed by atoms with E-state index in [1.807, 2.05) is 16.8 Å². The van der Waals surface area contributed by atoms with Crippen molar-refractivity contribution in [3.8, 4) is 0 Å². The molecule has 1 heterocycles. The number of aliphatic hydroxyl groups is 1. The Hall–Kier alpha value is -1.12. The van der Waals surface area contributed by atoms with E-state index >= 15 is 0 Å². The van der Waals surface area contributed by atoms with Crippen molar-refractivity contribution >= 4 is 11.3 Å². The van der Waals surface area contributed by atoms with E-state index in [4.69, 9.17) is 0 Å². The van der Waals surface area contributed by atoms with Crippen LogP contribution in [0.3, 0.4) is 0 Å². The number of rotatable bonds is 2. The molecule has 0 aliphatic carbocycles. The normalized spacial score (nSPS) is 12.8. The Morgan fingerprint density at radius 3 is 1.83 bits per heavy atom. The fourth-order valence-electron chi connectivity index (χ4n) is 2.54. The van der Waals surface area contributed by atoms with E-state index in [1.165, 1.54) is 27.8 Å². The van der Waals surface area contributed by atoms with Gasteiger partial charge >= 0.3 is 0 Å². The number of hydrogen-bond acceptors (Lipinski definition) is 2. The molecule has 2 heteroatoms. The van der Waals surface area contributed by atoms with Crippen molar-refractivity contribution in [2.45, 2.75) is 40.7 Å². The fraction of sp³-hybridized carbons (Fsp3) is 0.375.